The molecule has 1 amide bonds. The van der Waals surface area contributed by atoms with E-state index in [1.165, 1.54) is 0 Å². The van der Waals surface area contributed by atoms with E-state index in [-0.39, 0.29) is 41.8 Å². The molecular weight excluding hydrogens is 377 g/mol. The molecule has 3 N–H and O–H groups in total. The molecular formula is C17H23Cl2N5O2. The maximum absolute atomic E-state index is 12.7. The smallest absolute Gasteiger partial charge is 0.263 e. The zero-order chi connectivity index (χ0) is 16.5. The molecule has 0 spiro atoms. The number of fused-ring (bicyclic) bond motifs is 4. The van der Waals surface area contributed by atoms with Crippen molar-refractivity contribution >= 4 is 30.7 Å². The minimum atomic E-state index is -0.302. The summed E-state index contributed by atoms with van der Waals surface area (Å²) in [6.45, 7) is 3.03. The fourth-order valence-electron chi connectivity index (χ4n) is 3.79. The topological polar surface area (TPSA) is 91.8 Å². The number of carbonyl (C=O) groups is 1. The highest BCUT2D eigenvalue weighted by molar-refractivity contribution is 5.93. The van der Waals surface area contributed by atoms with E-state index >= 15 is 0 Å². The van der Waals surface area contributed by atoms with Crippen LogP contribution < -0.4 is 16.2 Å². The fourth-order valence-corrected chi connectivity index (χ4v) is 3.79. The second-order valence-corrected chi connectivity index (χ2v) is 6.63. The number of halogens is 2. The van der Waals surface area contributed by atoms with E-state index in [1.54, 1.807) is 12.3 Å². The lowest BCUT2D eigenvalue weighted by Gasteiger charge is -2.37. The van der Waals surface area contributed by atoms with Gasteiger partial charge in [0, 0.05) is 49.6 Å². The Bertz CT molecular complexity index is 806. The van der Waals surface area contributed by atoms with Crippen LogP contribution in [0, 0.1) is 5.92 Å². The predicted molar refractivity (Wildman–Crippen MR) is 104 cm³/mol. The van der Waals surface area contributed by atoms with Crippen LogP contribution >= 0.6 is 24.8 Å². The molecule has 0 aliphatic carbocycles. The molecule has 26 heavy (non-hydrogen) atoms. The van der Waals surface area contributed by atoms with Gasteiger partial charge in [0.25, 0.3) is 11.5 Å². The Morgan fingerprint density at radius 2 is 2.12 bits per heavy atom. The summed E-state index contributed by atoms with van der Waals surface area (Å²) in [5, 5.41) is 13.0. The van der Waals surface area contributed by atoms with Gasteiger partial charge in [0.15, 0.2) is 0 Å². The van der Waals surface area contributed by atoms with Crippen molar-refractivity contribution in [2.45, 2.75) is 25.3 Å². The van der Waals surface area contributed by atoms with Crippen LogP contribution in [0.2, 0.25) is 0 Å². The maximum atomic E-state index is 12.7. The second-order valence-electron chi connectivity index (χ2n) is 6.63. The van der Waals surface area contributed by atoms with Gasteiger partial charge in [0.2, 0.25) is 0 Å². The van der Waals surface area contributed by atoms with Gasteiger partial charge in [-0.3, -0.25) is 14.7 Å². The van der Waals surface area contributed by atoms with E-state index in [0.717, 1.165) is 30.9 Å². The van der Waals surface area contributed by atoms with E-state index in [4.69, 9.17) is 0 Å². The molecule has 7 nitrogen and oxygen atoms in total. The zero-order valence-corrected chi connectivity index (χ0v) is 15.9. The largest absolute Gasteiger partial charge is 0.351 e. The first-order valence-electron chi connectivity index (χ1n) is 8.43. The predicted octanol–water partition coefficient (Wildman–Crippen LogP) is 1.09. The van der Waals surface area contributed by atoms with Crippen molar-refractivity contribution in [1.29, 1.82) is 0 Å². The molecule has 9 heteroatoms. The number of pyridine rings is 1. The molecule has 2 aliphatic heterocycles. The Morgan fingerprint density at radius 1 is 1.27 bits per heavy atom. The summed E-state index contributed by atoms with van der Waals surface area (Å²) in [5.74, 6) is 0.555. The van der Waals surface area contributed by atoms with Crippen LogP contribution in [0.3, 0.4) is 0 Å². The SMILES string of the molecule is Cl.Cl.O=C(NCCc1ccn[nH]1)c1ccc2n(c1=O)C[C@@H]1CNC[C@H]2C1. The Kier molecular flexibility index (Phi) is 6.86. The van der Waals surface area contributed by atoms with Crippen molar-refractivity contribution in [2.24, 2.45) is 5.92 Å². The number of amides is 1. The zero-order valence-electron chi connectivity index (χ0n) is 14.2. The molecule has 2 bridgehead atoms. The van der Waals surface area contributed by atoms with E-state index in [9.17, 15) is 9.59 Å². The van der Waals surface area contributed by atoms with Crippen molar-refractivity contribution in [3.05, 3.63) is 51.7 Å². The average Bonchev–Trinajstić information content (AvgIpc) is 3.09. The highest BCUT2D eigenvalue weighted by atomic mass is 35.5. The summed E-state index contributed by atoms with van der Waals surface area (Å²) in [7, 11) is 0. The molecule has 2 aliphatic rings. The summed E-state index contributed by atoms with van der Waals surface area (Å²) in [6, 6.07) is 5.49. The molecule has 0 radical (unpaired) electrons. The monoisotopic (exact) mass is 399 g/mol. The molecule has 1 saturated heterocycles. The summed E-state index contributed by atoms with van der Waals surface area (Å²) in [5.41, 5.74) is 2.08. The van der Waals surface area contributed by atoms with Gasteiger partial charge in [-0.2, -0.15) is 5.10 Å². The molecule has 2 aromatic rings. The van der Waals surface area contributed by atoms with Crippen LogP contribution in [-0.4, -0.2) is 40.3 Å². The van der Waals surface area contributed by atoms with Crippen molar-refractivity contribution < 1.29 is 4.79 Å². The van der Waals surface area contributed by atoms with Crippen LogP contribution in [0.5, 0.6) is 0 Å². The Balaban J connectivity index is 0.00000121. The molecule has 4 heterocycles. The first kappa shape index (κ1) is 20.5. The molecule has 2 aromatic heterocycles. The van der Waals surface area contributed by atoms with Gasteiger partial charge >= 0.3 is 0 Å². The van der Waals surface area contributed by atoms with Gasteiger partial charge in [0.05, 0.1) is 0 Å². The van der Waals surface area contributed by atoms with Crippen LogP contribution in [0.4, 0.5) is 0 Å². The lowest BCUT2D eigenvalue weighted by Crippen LogP contribution is -2.46. The standard InChI is InChI=1S/C17H21N5O2.2ClH/c23-16(19-5-3-13-4-6-20-21-13)14-1-2-15-12-7-11(8-18-9-12)10-22(15)17(14)24;;/h1-2,4,6,11-12,18H,3,5,7-10H2,(H,19,23)(H,20,21);2*1H/t11-,12+;;/m0../s1. The Hall–Kier alpha value is -1.83. The lowest BCUT2D eigenvalue weighted by atomic mass is 9.84. The van der Waals surface area contributed by atoms with Gasteiger partial charge in [-0.05, 0) is 37.1 Å². The summed E-state index contributed by atoms with van der Waals surface area (Å²) < 4.78 is 1.81. The van der Waals surface area contributed by atoms with Crippen molar-refractivity contribution in [3.63, 3.8) is 0 Å². The highest BCUT2D eigenvalue weighted by Crippen LogP contribution is 2.31. The molecule has 0 saturated carbocycles. The lowest BCUT2D eigenvalue weighted by molar-refractivity contribution is 0.0951. The van der Waals surface area contributed by atoms with Crippen molar-refractivity contribution in [1.82, 2.24) is 25.4 Å². The minimum absolute atomic E-state index is 0. The highest BCUT2D eigenvalue weighted by Gasteiger charge is 2.31. The third-order valence-corrected chi connectivity index (χ3v) is 4.99. The maximum Gasteiger partial charge on any atom is 0.263 e. The van der Waals surface area contributed by atoms with Crippen molar-refractivity contribution in [3.8, 4) is 0 Å². The minimum Gasteiger partial charge on any atom is -0.351 e. The molecule has 0 unspecified atom stereocenters. The number of piperidine rings is 1. The number of hydrogen-bond donors (Lipinski definition) is 3. The van der Waals surface area contributed by atoms with Crippen LogP contribution in [0.15, 0.2) is 29.2 Å². The van der Waals surface area contributed by atoms with Gasteiger partial charge in [-0.1, -0.05) is 0 Å². The summed E-state index contributed by atoms with van der Waals surface area (Å²) >= 11 is 0. The van der Waals surface area contributed by atoms with Gasteiger partial charge in [-0.15, -0.1) is 24.8 Å². The number of aromatic amines is 1. The Morgan fingerprint density at radius 3 is 2.88 bits per heavy atom. The first-order chi connectivity index (χ1) is 11.7. The number of carbonyl (C=O) groups excluding carboxylic acids is 1. The van der Waals surface area contributed by atoms with E-state index in [2.05, 4.69) is 20.8 Å². The van der Waals surface area contributed by atoms with Crippen LogP contribution in [-0.2, 0) is 13.0 Å². The summed E-state index contributed by atoms with van der Waals surface area (Å²) in [6.07, 6.45) is 3.47. The summed E-state index contributed by atoms with van der Waals surface area (Å²) in [4.78, 5) is 25.1. The quantitative estimate of drug-likeness (QED) is 0.717. The molecule has 0 aromatic carbocycles. The molecule has 1 fully saturated rings. The molecule has 2 atom stereocenters. The molecule has 4 rings (SSSR count). The van der Waals surface area contributed by atoms with Crippen molar-refractivity contribution in [2.75, 3.05) is 19.6 Å². The number of nitrogens with zero attached hydrogens (tertiary/aromatic N) is 2. The number of H-pyrrole nitrogens is 1. The first-order valence-corrected chi connectivity index (χ1v) is 8.43. The van der Waals surface area contributed by atoms with Gasteiger partial charge in [-0.25, -0.2) is 0 Å². The van der Waals surface area contributed by atoms with E-state index in [0.29, 0.717) is 31.3 Å². The fraction of sp³-hybridized carbons (Fsp3) is 0.471. The number of aromatic nitrogens is 3. The van der Waals surface area contributed by atoms with Crippen LogP contribution in [0.25, 0.3) is 0 Å². The Labute approximate surface area is 163 Å². The second kappa shape index (κ2) is 8.70. The number of rotatable bonds is 4. The van der Waals surface area contributed by atoms with Gasteiger partial charge in [0.1, 0.15) is 5.56 Å². The number of hydrogen-bond acceptors (Lipinski definition) is 4. The number of nitrogens with one attached hydrogen (secondary N) is 3. The van der Waals surface area contributed by atoms with Gasteiger partial charge < -0.3 is 15.2 Å². The van der Waals surface area contributed by atoms with E-state index < -0.39 is 0 Å². The van der Waals surface area contributed by atoms with E-state index in [1.807, 2.05) is 16.7 Å². The molecule has 142 valence electrons. The van der Waals surface area contributed by atoms with Crippen LogP contribution in [0.1, 0.15) is 34.1 Å². The third-order valence-electron chi connectivity index (χ3n) is 4.99. The third kappa shape index (κ3) is 3.95. The average molecular weight is 400 g/mol. The normalized spacial score (nSPS) is 20.3.